The molecule has 0 aliphatic heterocycles. The van der Waals surface area contributed by atoms with Crippen LogP contribution >= 0.6 is 0 Å². The minimum Gasteiger partial charge on any atom is -0.299 e. The Morgan fingerprint density at radius 2 is 1.34 bits per heavy atom. The lowest BCUT2D eigenvalue weighted by molar-refractivity contribution is -0.126. The molecular weight excluding hydrogens is 352 g/mol. The van der Waals surface area contributed by atoms with Crippen molar-refractivity contribution in [1.82, 2.24) is 0 Å². The molecule has 3 aromatic rings. The summed E-state index contributed by atoms with van der Waals surface area (Å²) >= 11 is 0. The molecule has 3 rings (SSSR count). The number of ketones is 1. The lowest BCUT2D eigenvalue weighted by Crippen LogP contribution is -2.49. The molecule has 0 fully saturated rings. The number of rotatable bonds is 7. The second-order valence-corrected chi connectivity index (χ2v) is 8.87. The van der Waals surface area contributed by atoms with Gasteiger partial charge in [0.15, 0.2) is 0 Å². The van der Waals surface area contributed by atoms with E-state index in [0.717, 1.165) is 18.4 Å². The summed E-state index contributed by atoms with van der Waals surface area (Å²) in [5, 5.41) is 0. The molecule has 0 N–H and O–H groups in total. The Labute approximate surface area is 175 Å². The van der Waals surface area contributed by atoms with Crippen molar-refractivity contribution in [3.63, 3.8) is 0 Å². The van der Waals surface area contributed by atoms with E-state index in [2.05, 4.69) is 88.4 Å². The number of carbonyl (C=O) groups is 1. The summed E-state index contributed by atoms with van der Waals surface area (Å²) in [5.74, 6) is 0.215. The number of Topliss-reactive ketones (excluding diaryl/α,β-unsaturated/α-hetero) is 1. The fourth-order valence-electron chi connectivity index (χ4n) is 4.55. The smallest absolute Gasteiger partial charge is 0.140 e. The molecule has 1 nitrogen and oxygen atoms in total. The van der Waals surface area contributed by atoms with Crippen molar-refractivity contribution >= 4 is 5.78 Å². The van der Waals surface area contributed by atoms with Crippen LogP contribution in [0.5, 0.6) is 0 Å². The van der Waals surface area contributed by atoms with Crippen LogP contribution in [0.25, 0.3) is 0 Å². The maximum absolute atomic E-state index is 13.2. The van der Waals surface area contributed by atoms with Crippen LogP contribution in [0.1, 0.15) is 48.6 Å². The van der Waals surface area contributed by atoms with Crippen LogP contribution in [0.3, 0.4) is 0 Å². The normalized spacial score (nSPS) is 15.3. The lowest BCUT2D eigenvalue weighted by atomic mass is 9.55. The average molecular weight is 385 g/mol. The number of hydrogen-bond donors (Lipinski definition) is 0. The molecule has 150 valence electrons. The third kappa shape index (κ3) is 4.19. The largest absolute Gasteiger partial charge is 0.299 e. The van der Waals surface area contributed by atoms with Crippen LogP contribution in [-0.4, -0.2) is 5.78 Å². The highest BCUT2D eigenvalue weighted by atomic mass is 16.1. The van der Waals surface area contributed by atoms with Crippen molar-refractivity contribution in [3.8, 4) is 0 Å². The van der Waals surface area contributed by atoms with E-state index in [1.807, 2.05) is 18.2 Å². The zero-order valence-corrected chi connectivity index (χ0v) is 18.3. The predicted octanol–water partition coefficient (Wildman–Crippen LogP) is 6.64. The highest BCUT2D eigenvalue weighted by Crippen LogP contribution is 2.47. The maximum Gasteiger partial charge on any atom is 0.140 e. The van der Waals surface area contributed by atoms with Gasteiger partial charge in [-0.1, -0.05) is 91.3 Å². The van der Waals surface area contributed by atoms with Gasteiger partial charge in [-0.25, -0.2) is 0 Å². The zero-order chi connectivity index (χ0) is 21.1. The van der Waals surface area contributed by atoms with E-state index in [9.17, 15) is 4.79 Å². The van der Waals surface area contributed by atoms with Crippen molar-refractivity contribution in [2.45, 2.75) is 52.9 Å². The molecule has 0 amide bonds. The molecule has 0 heterocycles. The van der Waals surface area contributed by atoms with Gasteiger partial charge < -0.3 is 0 Å². The first kappa shape index (κ1) is 21.0. The van der Waals surface area contributed by atoms with Crippen molar-refractivity contribution in [2.75, 3.05) is 0 Å². The summed E-state index contributed by atoms with van der Waals surface area (Å²) in [7, 11) is 0. The van der Waals surface area contributed by atoms with Crippen molar-refractivity contribution in [3.05, 3.63) is 107 Å². The third-order valence-electron chi connectivity index (χ3n) is 6.82. The summed E-state index contributed by atoms with van der Waals surface area (Å²) in [6, 6.07) is 27.6. The summed E-state index contributed by atoms with van der Waals surface area (Å²) in [6.07, 6.45) is 1.69. The van der Waals surface area contributed by atoms with Gasteiger partial charge in [-0.05, 0) is 68.2 Å². The van der Waals surface area contributed by atoms with E-state index >= 15 is 0 Å². The molecule has 0 radical (unpaired) electrons. The molecule has 0 saturated heterocycles. The van der Waals surface area contributed by atoms with Crippen LogP contribution in [-0.2, 0) is 23.1 Å². The Morgan fingerprint density at radius 1 is 0.759 bits per heavy atom. The molecule has 1 heteroatoms. The van der Waals surface area contributed by atoms with Gasteiger partial charge in [0.25, 0.3) is 0 Å². The first-order valence-corrected chi connectivity index (χ1v) is 10.4. The number of benzene rings is 3. The minimum absolute atomic E-state index is 0.215. The van der Waals surface area contributed by atoms with E-state index in [-0.39, 0.29) is 11.2 Å². The molecule has 2 atom stereocenters. The number of carbonyl (C=O) groups excluding carboxylic acids is 1. The summed E-state index contributed by atoms with van der Waals surface area (Å²) in [6.45, 7) is 10.4. The van der Waals surface area contributed by atoms with E-state index in [0.29, 0.717) is 0 Å². The van der Waals surface area contributed by atoms with E-state index in [1.54, 1.807) is 6.92 Å². The Morgan fingerprint density at radius 3 is 1.93 bits per heavy atom. The molecule has 29 heavy (non-hydrogen) atoms. The van der Waals surface area contributed by atoms with Crippen LogP contribution in [0.2, 0.25) is 0 Å². The van der Waals surface area contributed by atoms with Gasteiger partial charge in [-0.15, -0.1) is 0 Å². The molecule has 0 aliphatic rings. The number of hydrogen-bond acceptors (Lipinski definition) is 1. The Kier molecular flexibility index (Phi) is 6.07. The first-order chi connectivity index (χ1) is 13.8. The Bertz CT molecular complexity index is 971. The van der Waals surface area contributed by atoms with Crippen LogP contribution in [0.4, 0.5) is 0 Å². The van der Waals surface area contributed by atoms with Gasteiger partial charge in [0, 0.05) is 0 Å². The van der Waals surface area contributed by atoms with E-state index in [1.165, 1.54) is 22.3 Å². The Hall–Kier alpha value is -2.67. The lowest BCUT2D eigenvalue weighted by Gasteiger charge is -2.46. The van der Waals surface area contributed by atoms with Gasteiger partial charge in [0.05, 0.1) is 5.41 Å². The van der Waals surface area contributed by atoms with Crippen LogP contribution < -0.4 is 0 Å². The molecule has 0 spiro atoms. The molecule has 0 saturated carbocycles. The minimum atomic E-state index is -0.596. The average Bonchev–Trinajstić information content (AvgIpc) is 2.71. The molecule has 3 aromatic carbocycles. The fraction of sp³-hybridized carbons (Fsp3) is 0.321. The Balaban J connectivity index is 2.15. The van der Waals surface area contributed by atoms with E-state index < -0.39 is 5.41 Å². The number of aryl methyl sites for hydroxylation is 2. The monoisotopic (exact) mass is 384 g/mol. The van der Waals surface area contributed by atoms with Crippen LogP contribution in [0.15, 0.2) is 78.9 Å². The fourth-order valence-corrected chi connectivity index (χ4v) is 4.55. The predicted molar refractivity (Wildman–Crippen MR) is 122 cm³/mol. The van der Waals surface area contributed by atoms with E-state index in [4.69, 9.17) is 0 Å². The van der Waals surface area contributed by atoms with Gasteiger partial charge in [0.2, 0.25) is 0 Å². The summed E-state index contributed by atoms with van der Waals surface area (Å²) < 4.78 is 0. The quantitative estimate of drug-likeness (QED) is 0.446. The van der Waals surface area contributed by atoms with Gasteiger partial charge >= 0.3 is 0 Å². The molecule has 2 unspecified atom stereocenters. The van der Waals surface area contributed by atoms with Gasteiger partial charge in [0.1, 0.15) is 5.78 Å². The molecule has 0 aromatic heterocycles. The standard InChI is InChI=1S/C28H32O/c1-21-15-17-24(18-16-21)19-27(4,20-25-12-10-9-11-22(25)2)28(5,23(3)29)26-13-7-6-8-14-26/h6-18H,19-20H2,1-5H3. The van der Waals surface area contributed by atoms with Crippen LogP contribution in [0, 0.1) is 19.3 Å². The zero-order valence-electron chi connectivity index (χ0n) is 18.3. The van der Waals surface area contributed by atoms with Crippen molar-refractivity contribution in [1.29, 1.82) is 0 Å². The van der Waals surface area contributed by atoms with Gasteiger partial charge in [-0.3, -0.25) is 4.79 Å². The topological polar surface area (TPSA) is 17.1 Å². The molecular formula is C28H32O. The van der Waals surface area contributed by atoms with Crippen molar-refractivity contribution < 1.29 is 4.79 Å². The summed E-state index contributed by atoms with van der Waals surface area (Å²) in [5.41, 5.74) is 5.34. The first-order valence-electron chi connectivity index (χ1n) is 10.4. The second-order valence-electron chi connectivity index (χ2n) is 8.87. The highest BCUT2D eigenvalue weighted by molar-refractivity contribution is 5.88. The van der Waals surface area contributed by atoms with Gasteiger partial charge in [-0.2, -0.15) is 0 Å². The SMILES string of the molecule is CC(=O)C(C)(c1ccccc1)C(C)(Cc1ccc(C)cc1)Cc1ccccc1C. The third-order valence-corrected chi connectivity index (χ3v) is 6.82. The maximum atomic E-state index is 13.2. The molecule has 0 bridgehead atoms. The van der Waals surface area contributed by atoms with Crippen molar-refractivity contribution in [2.24, 2.45) is 5.41 Å². The molecule has 0 aliphatic carbocycles. The second kappa shape index (κ2) is 8.37. The highest BCUT2D eigenvalue weighted by Gasteiger charge is 2.49. The summed E-state index contributed by atoms with van der Waals surface area (Å²) in [4.78, 5) is 13.2.